The molecule has 0 saturated heterocycles. The van der Waals surface area contributed by atoms with Crippen molar-refractivity contribution in [2.45, 2.75) is 9.79 Å². The standard InChI is InChI=1S/C14H15NO4S2/c1-20(16,17)12-8-11(10-6-4-3-5-7-10)9-13(14(12)15)21(2,18)19/h3-9H,15H2,1-2H3. The molecule has 0 aliphatic rings. The van der Waals surface area contributed by atoms with Gasteiger partial charge < -0.3 is 5.73 Å². The van der Waals surface area contributed by atoms with Gasteiger partial charge >= 0.3 is 0 Å². The Bertz CT molecular complexity index is 833. The number of nitrogens with two attached hydrogens (primary N) is 1. The lowest BCUT2D eigenvalue weighted by molar-refractivity contribution is 0.601. The summed E-state index contributed by atoms with van der Waals surface area (Å²) in [6, 6.07) is 11.7. The van der Waals surface area contributed by atoms with E-state index in [9.17, 15) is 16.8 Å². The lowest BCUT2D eigenvalue weighted by atomic mass is 10.1. The Morgan fingerprint density at radius 3 is 1.57 bits per heavy atom. The van der Waals surface area contributed by atoms with Crippen LogP contribution >= 0.6 is 0 Å². The van der Waals surface area contributed by atoms with Crippen LogP contribution in [0.1, 0.15) is 0 Å². The van der Waals surface area contributed by atoms with Gasteiger partial charge in [-0.25, -0.2) is 16.8 Å². The zero-order chi connectivity index (χ0) is 15.8. The van der Waals surface area contributed by atoms with E-state index in [-0.39, 0.29) is 15.5 Å². The second kappa shape index (κ2) is 5.16. The number of rotatable bonds is 3. The Kier molecular flexibility index (Phi) is 3.81. The van der Waals surface area contributed by atoms with Crippen LogP contribution in [0.15, 0.2) is 52.3 Å². The molecule has 2 aromatic carbocycles. The van der Waals surface area contributed by atoms with E-state index in [1.165, 1.54) is 12.1 Å². The molecule has 0 atom stereocenters. The molecule has 2 aromatic rings. The molecule has 7 heteroatoms. The average Bonchev–Trinajstić information content (AvgIpc) is 2.37. The van der Waals surface area contributed by atoms with Crippen molar-refractivity contribution in [2.75, 3.05) is 18.2 Å². The number of anilines is 1. The third-order valence-corrected chi connectivity index (χ3v) is 5.28. The van der Waals surface area contributed by atoms with E-state index in [4.69, 9.17) is 5.73 Å². The fraction of sp³-hybridized carbons (Fsp3) is 0.143. The predicted molar refractivity (Wildman–Crippen MR) is 82.5 cm³/mol. The molecule has 0 spiro atoms. The molecule has 2 N–H and O–H groups in total. The SMILES string of the molecule is CS(=O)(=O)c1cc(-c2ccccc2)cc(S(C)(=O)=O)c1N. The predicted octanol–water partition coefficient (Wildman–Crippen LogP) is 1.74. The van der Waals surface area contributed by atoms with Crippen molar-refractivity contribution in [2.24, 2.45) is 0 Å². The van der Waals surface area contributed by atoms with E-state index in [2.05, 4.69) is 0 Å². The van der Waals surface area contributed by atoms with Gasteiger partial charge in [-0.15, -0.1) is 0 Å². The molecule has 0 fully saturated rings. The molecule has 112 valence electrons. The number of benzene rings is 2. The van der Waals surface area contributed by atoms with E-state index in [0.717, 1.165) is 12.5 Å². The van der Waals surface area contributed by atoms with Gasteiger partial charge in [0.25, 0.3) is 0 Å². The van der Waals surface area contributed by atoms with Crippen LogP contribution in [0.2, 0.25) is 0 Å². The Labute approximate surface area is 124 Å². The van der Waals surface area contributed by atoms with Crippen LogP contribution in [0.4, 0.5) is 5.69 Å². The van der Waals surface area contributed by atoms with Gasteiger partial charge in [-0.2, -0.15) is 0 Å². The first-order valence-corrected chi connectivity index (χ1v) is 9.78. The summed E-state index contributed by atoms with van der Waals surface area (Å²) in [5, 5.41) is 0. The van der Waals surface area contributed by atoms with Gasteiger partial charge in [-0.3, -0.25) is 0 Å². The largest absolute Gasteiger partial charge is 0.397 e. The molecule has 0 aromatic heterocycles. The average molecular weight is 325 g/mol. The highest BCUT2D eigenvalue weighted by Gasteiger charge is 2.22. The second-order valence-electron chi connectivity index (χ2n) is 4.80. The fourth-order valence-corrected chi connectivity index (χ4v) is 3.78. The zero-order valence-corrected chi connectivity index (χ0v) is 13.2. The number of hydrogen-bond acceptors (Lipinski definition) is 5. The van der Waals surface area contributed by atoms with E-state index in [1.54, 1.807) is 24.3 Å². The molecule has 0 unspecified atom stereocenters. The van der Waals surface area contributed by atoms with E-state index >= 15 is 0 Å². The van der Waals surface area contributed by atoms with Crippen molar-refractivity contribution in [3.63, 3.8) is 0 Å². The molecule has 2 rings (SSSR count). The second-order valence-corrected chi connectivity index (χ2v) is 8.76. The molecule has 0 amide bonds. The molecule has 0 aliphatic heterocycles. The normalized spacial score (nSPS) is 12.3. The smallest absolute Gasteiger partial charge is 0.177 e. The van der Waals surface area contributed by atoms with Gasteiger partial charge in [0.15, 0.2) is 19.7 Å². The van der Waals surface area contributed by atoms with Crippen LogP contribution in [0.25, 0.3) is 11.1 Å². The molecular formula is C14H15NO4S2. The lowest BCUT2D eigenvalue weighted by Gasteiger charge is -2.12. The Hall–Kier alpha value is -1.86. The Balaban J connectivity index is 2.88. The molecule has 0 radical (unpaired) electrons. The molecule has 5 nitrogen and oxygen atoms in total. The topological polar surface area (TPSA) is 94.3 Å². The highest BCUT2D eigenvalue weighted by atomic mass is 32.2. The molecule has 0 saturated carbocycles. The summed E-state index contributed by atoms with van der Waals surface area (Å²) in [6.45, 7) is 0. The van der Waals surface area contributed by atoms with Crippen LogP contribution in [-0.2, 0) is 19.7 Å². The molecule has 0 aliphatic carbocycles. The van der Waals surface area contributed by atoms with Crippen molar-refractivity contribution in [1.29, 1.82) is 0 Å². The minimum atomic E-state index is -3.64. The maximum atomic E-state index is 11.8. The van der Waals surface area contributed by atoms with Gasteiger partial charge in [0.1, 0.15) is 0 Å². The highest BCUT2D eigenvalue weighted by molar-refractivity contribution is 7.91. The molecule has 21 heavy (non-hydrogen) atoms. The lowest BCUT2D eigenvalue weighted by Crippen LogP contribution is -2.09. The maximum absolute atomic E-state index is 11.8. The van der Waals surface area contributed by atoms with E-state index in [1.807, 2.05) is 6.07 Å². The van der Waals surface area contributed by atoms with E-state index < -0.39 is 19.7 Å². The van der Waals surface area contributed by atoms with Gasteiger partial charge in [-0.1, -0.05) is 30.3 Å². The van der Waals surface area contributed by atoms with Crippen molar-refractivity contribution in [3.05, 3.63) is 42.5 Å². The minimum absolute atomic E-state index is 0.177. The number of hydrogen-bond donors (Lipinski definition) is 1. The van der Waals surface area contributed by atoms with Crippen LogP contribution < -0.4 is 5.73 Å². The van der Waals surface area contributed by atoms with Gasteiger partial charge in [0, 0.05) is 12.5 Å². The summed E-state index contributed by atoms with van der Waals surface area (Å²) in [6.07, 6.45) is 2.00. The first-order valence-electron chi connectivity index (χ1n) is 6.00. The summed E-state index contributed by atoms with van der Waals surface area (Å²) in [4.78, 5) is -0.353. The minimum Gasteiger partial charge on any atom is -0.397 e. The summed E-state index contributed by atoms with van der Waals surface area (Å²) in [5.41, 5.74) is 6.71. The summed E-state index contributed by atoms with van der Waals surface area (Å²) < 4.78 is 47.4. The Morgan fingerprint density at radius 2 is 1.19 bits per heavy atom. The van der Waals surface area contributed by atoms with Crippen LogP contribution in [-0.4, -0.2) is 29.3 Å². The summed E-state index contributed by atoms with van der Waals surface area (Å²) in [7, 11) is -7.27. The third-order valence-electron chi connectivity index (χ3n) is 3.01. The van der Waals surface area contributed by atoms with Crippen LogP contribution in [0.5, 0.6) is 0 Å². The number of sulfone groups is 2. The summed E-state index contributed by atoms with van der Waals surface area (Å²) >= 11 is 0. The summed E-state index contributed by atoms with van der Waals surface area (Å²) in [5.74, 6) is 0. The van der Waals surface area contributed by atoms with Gasteiger partial charge in [0.05, 0.1) is 15.5 Å². The monoisotopic (exact) mass is 325 g/mol. The van der Waals surface area contributed by atoms with E-state index in [0.29, 0.717) is 11.1 Å². The van der Waals surface area contributed by atoms with Crippen LogP contribution in [0.3, 0.4) is 0 Å². The molecule has 0 bridgehead atoms. The van der Waals surface area contributed by atoms with Crippen molar-refractivity contribution in [3.8, 4) is 11.1 Å². The van der Waals surface area contributed by atoms with Crippen molar-refractivity contribution in [1.82, 2.24) is 0 Å². The molecular weight excluding hydrogens is 310 g/mol. The van der Waals surface area contributed by atoms with Crippen LogP contribution in [0, 0.1) is 0 Å². The maximum Gasteiger partial charge on any atom is 0.177 e. The first-order chi connectivity index (χ1) is 9.60. The first kappa shape index (κ1) is 15.5. The van der Waals surface area contributed by atoms with Gasteiger partial charge in [0.2, 0.25) is 0 Å². The van der Waals surface area contributed by atoms with Crippen molar-refractivity contribution < 1.29 is 16.8 Å². The van der Waals surface area contributed by atoms with Gasteiger partial charge in [-0.05, 0) is 23.3 Å². The number of nitrogen functional groups attached to an aromatic ring is 1. The third kappa shape index (κ3) is 3.25. The Morgan fingerprint density at radius 1 is 0.762 bits per heavy atom. The van der Waals surface area contributed by atoms with Crippen molar-refractivity contribution >= 4 is 25.4 Å². The zero-order valence-electron chi connectivity index (χ0n) is 11.6. The molecule has 0 heterocycles. The quantitative estimate of drug-likeness (QED) is 0.868. The fourth-order valence-electron chi connectivity index (χ4n) is 2.01. The highest BCUT2D eigenvalue weighted by Crippen LogP contribution is 2.32.